The molecule has 0 atom stereocenters. The molecule has 4 nitrogen and oxygen atoms in total. The van der Waals surface area contributed by atoms with E-state index in [0.717, 1.165) is 6.26 Å². The summed E-state index contributed by atoms with van der Waals surface area (Å²) in [7, 11) is -3.10. The first-order chi connectivity index (χ1) is 10.8. The molecule has 0 saturated carbocycles. The maximum atomic E-state index is 13.5. The van der Waals surface area contributed by atoms with Crippen LogP contribution in [0.15, 0.2) is 48.5 Å². The maximum absolute atomic E-state index is 13.5. The van der Waals surface area contributed by atoms with Crippen LogP contribution in [0.2, 0.25) is 0 Å². The minimum atomic E-state index is -3.10. The molecule has 2 aromatic rings. The molecule has 0 aliphatic heterocycles. The van der Waals surface area contributed by atoms with E-state index in [4.69, 9.17) is 0 Å². The number of carbonyl (C=O) groups is 1. The zero-order valence-electron chi connectivity index (χ0n) is 12.8. The standard InChI is InChI=1S/C17H18FNO3S/c1-23(21,22)12-13-6-8-15(9-7-13)17(20)19-11-10-14-4-2-3-5-16(14)18/h2-9H,10-12H2,1H3,(H,19,20). The predicted octanol–water partition coefficient (Wildman–Crippen LogP) is 2.34. The molecule has 1 N–H and O–H groups in total. The average molecular weight is 335 g/mol. The molecule has 0 unspecified atom stereocenters. The van der Waals surface area contributed by atoms with E-state index < -0.39 is 9.84 Å². The number of nitrogens with one attached hydrogen (secondary N) is 1. The first-order valence-corrected chi connectivity index (χ1v) is 9.19. The fourth-order valence-electron chi connectivity index (χ4n) is 2.17. The number of sulfone groups is 1. The minimum absolute atomic E-state index is 0.0534. The molecule has 0 fully saturated rings. The molecule has 0 aliphatic rings. The van der Waals surface area contributed by atoms with E-state index in [1.165, 1.54) is 6.07 Å². The molecule has 122 valence electrons. The molecule has 6 heteroatoms. The average Bonchev–Trinajstić information content (AvgIpc) is 2.48. The van der Waals surface area contributed by atoms with Crippen molar-refractivity contribution in [3.05, 3.63) is 71.0 Å². The van der Waals surface area contributed by atoms with Gasteiger partial charge in [-0.25, -0.2) is 12.8 Å². The third kappa shape index (κ3) is 5.49. The van der Waals surface area contributed by atoms with Crippen LogP contribution in [0.5, 0.6) is 0 Å². The van der Waals surface area contributed by atoms with Crippen LogP contribution in [0.3, 0.4) is 0 Å². The molecule has 2 aromatic carbocycles. The summed E-state index contributed by atoms with van der Waals surface area (Å²) in [4.78, 5) is 12.0. The monoisotopic (exact) mass is 335 g/mol. The van der Waals surface area contributed by atoms with Crippen molar-refractivity contribution in [3.8, 4) is 0 Å². The van der Waals surface area contributed by atoms with Gasteiger partial charge in [0.2, 0.25) is 0 Å². The van der Waals surface area contributed by atoms with Crippen LogP contribution in [0.4, 0.5) is 4.39 Å². The molecule has 0 spiro atoms. The van der Waals surface area contributed by atoms with E-state index in [-0.39, 0.29) is 17.5 Å². The normalized spacial score (nSPS) is 11.2. The lowest BCUT2D eigenvalue weighted by molar-refractivity contribution is 0.0954. The van der Waals surface area contributed by atoms with Crippen molar-refractivity contribution in [3.63, 3.8) is 0 Å². The second kappa shape index (κ2) is 7.37. The van der Waals surface area contributed by atoms with Crippen LogP contribution in [0, 0.1) is 5.82 Å². The molecule has 0 bridgehead atoms. The van der Waals surface area contributed by atoms with Crippen molar-refractivity contribution < 1.29 is 17.6 Å². The number of halogens is 1. The zero-order chi connectivity index (χ0) is 16.9. The van der Waals surface area contributed by atoms with Gasteiger partial charge in [-0.15, -0.1) is 0 Å². The van der Waals surface area contributed by atoms with Crippen LogP contribution in [-0.4, -0.2) is 27.1 Å². The van der Waals surface area contributed by atoms with Crippen molar-refractivity contribution in [2.75, 3.05) is 12.8 Å². The SMILES string of the molecule is CS(=O)(=O)Cc1ccc(C(=O)NCCc2ccccc2F)cc1. The summed E-state index contributed by atoms with van der Waals surface area (Å²) in [5.74, 6) is -0.610. The molecule has 0 saturated heterocycles. The van der Waals surface area contributed by atoms with Gasteiger partial charge in [0.05, 0.1) is 5.75 Å². The summed E-state index contributed by atoms with van der Waals surface area (Å²) in [5.41, 5.74) is 1.63. The van der Waals surface area contributed by atoms with Crippen molar-refractivity contribution in [1.29, 1.82) is 0 Å². The highest BCUT2D eigenvalue weighted by Crippen LogP contribution is 2.09. The third-order valence-corrected chi connectivity index (χ3v) is 4.14. The van der Waals surface area contributed by atoms with E-state index in [1.54, 1.807) is 42.5 Å². The summed E-state index contributed by atoms with van der Waals surface area (Å²) >= 11 is 0. The molecule has 0 aliphatic carbocycles. The van der Waals surface area contributed by atoms with E-state index in [0.29, 0.717) is 29.7 Å². The van der Waals surface area contributed by atoms with Gasteiger partial charge in [0.15, 0.2) is 9.84 Å². The Kier molecular flexibility index (Phi) is 5.50. The van der Waals surface area contributed by atoms with Gasteiger partial charge in [0.25, 0.3) is 5.91 Å². The summed E-state index contributed by atoms with van der Waals surface area (Å²) in [6.45, 7) is 0.324. The van der Waals surface area contributed by atoms with Crippen molar-refractivity contribution in [2.45, 2.75) is 12.2 Å². The fourth-order valence-corrected chi connectivity index (χ4v) is 2.97. The lowest BCUT2D eigenvalue weighted by Gasteiger charge is -2.07. The van der Waals surface area contributed by atoms with Gasteiger partial charge in [-0.2, -0.15) is 0 Å². The van der Waals surface area contributed by atoms with E-state index >= 15 is 0 Å². The highest BCUT2D eigenvalue weighted by molar-refractivity contribution is 7.89. The molecular formula is C17H18FNO3S. The largest absolute Gasteiger partial charge is 0.352 e. The summed E-state index contributed by atoms with van der Waals surface area (Å²) in [6.07, 6.45) is 1.57. The summed E-state index contributed by atoms with van der Waals surface area (Å²) in [6, 6.07) is 12.8. The minimum Gasteiger partial charge on any atom is -0.352 e. The lowest BCUT2D eigenvalue weighted by atomic mass is 10.1. The van der Waals surface area contributed by atoms with Gasteiger partial charge < -0.3 is 5.32 Å². The van der Waals surface area contributed by atoms with Gasteiger partial charge in [0.1, 0.15) is 5.82 Å². The number of amides is 1. The Balaban J connectivity index is 1.90. The number of hydrogen-bond donors (Lipinski definition) is 1. The van der Waals surface area contributed by atoms with E-state index in [1.807, 2.05) is 0 Å². The van der Waals surface area contributed by atoms with Gasteiger partial charge in [-0.05, 0) is 35.7 Å². The maximum Gasteiger partial charge on any atom is 0.251 e. The number of benzene rings is 2. The van der Waals surface area contributed by atoms with Crippen LogP contribution in [0.1, 0.15) is 21.5 Å². The Morgan fingerprint density at radius 1 is 1.09 bits per heavy atom. The first kappa shape index (κ1) is 17.1. The van der Waals surface area contributed by atoms with Gasteiger partial charge in [0, 0.05) is 18.4 Å². The molecule has 2 rings (SSSR count). The van der Waals surface area contributed by atoms with Gasteiger partial charge in [-0.1, -0.05) is 30.3 Å². The first-order valence-electron chi connectivity index (χ1n) is 7.13. The van der Waals surface area contributed by atoms with Gasteiger partial charge >= 0.3 is 0 Å². The topological polar surface area (TPSA) is 63.2 Å². The number of rotatable bonds is 6. The molecule has 23 heavy (non-hydrogen) atoms. The van der Waals surface area contributed by atoms with Crippen LogP contribution >= 0.6 is 0 Å². The second-order valence-electron chi connectivity index (χ2n) is 5.36. The molecule has 1 amide bonds. The molecular weight excluding hydrogens is 317 g/mol. The Morgan fingerprint density at radius 3 is 2.35 bits per heavy atom. The van der Waals surface area contributed by atoms with E-state index in [2.05, 4.69) is 5.32 Å². The van der Waals surface area contributed by atoms with Crippen LogP contribution in [0.25, 0.3) is 0 Å². The van der Waals surface area contributed by atoms with Crippen molar-refractivity contribution in [2.24, 2.45) is 0 Å². The smallest absolute Gasteiger partial charge is 0.251 e. The third-order valence-electron chi connectivity index (χ3n) is 3.28. The predicted molar refractivity (Wildman–Crippen MR) is 87.4 cm³/mol. The molecule has 0 radical (unpaired) electrons. The van der Waals surface area contributed by atoms with Gasteiger partial charge in [-0.3, -0.25) is 4.79 Å². The summed E-state index contributed by atoms with van der Waals surface area (Å²) < 4.78 is 35.9. The van der Waals surface area contributed by atoms with Crippen molar-refractivity contribution in [1.82, 2.24) is 5.32 Å². The highest BCUT2D eigenvalue weighted by atomic mass is 32.2. The fraction of sp³-hybridized carbons (Fsp3) is 0.235. The zero-order valence-corrected chi connectivity index (χ0v) is 13.6. The van der Waals surface area contributed by atoms with E-state index in [9.17, 15) is 17.6 Å². The molecule has 0 aromatic heterocycles. The second-order valence-corrected chi connectivity index (χ2v) is 7.50. The molecule has 0 heterocycles. The highest BCUT2D eigenvalue weighted by Gasteiger charge is 2.08. The van der Waals surface area contributed by atoms with Crippen LogP contribution < -0.4 is 5.32 Å². The number of hydrogen-bond acceptors (Lipinski definition) is 3. The summed E-state index contributed by atoms with van der Waals surface area (Å²) in [5, 5.41) is 2.72. The Morgan fingerprint density at radius 2 is 1.74 bits per heavy atom. The van der Waals surface area contributed by atoms with Crippen molar-refractivity contribution >= 4 is 15.7 Å². The quantitative estimate of drug-likeness (QED) is 0.881. The Labute approximate surface area is 135 Å². The lowest BCUT2D eigenvalue weighted by Crippen LogP contribution is -2.25. The van der Waals surface area contributed by atoms with Crippen LogP contribution in [-0.2, 0) is 22.0 Å². The number of carbonyl (C=O) groups excluding carboxylic acids is 1. The Hall–Kier alpha value is -2.21. The Bertz CT molecular complexity index is 786.